The lowest BCUT2D eigenvalue weighted by Gasteiger charge is -2.12. The van der Waals surface area contributed by atoms with Crippen LogP contribution in [0.1, 0.15) is 42.6 Å². The van der Waals surface area contributed by atoms with Crippen molar-refractivity contribution in [3.05, 3.63) is 48.2 Å². The number of ether oxygens (including phenoxy) is 1. The van der Waals surface area contributed by atoms with E-state index in [-0.39, 0.29) is 5.97 Å². The van der Waals surface area contributed by atoms with Crippen LogP contribution in [0.15, 0.2) is 37.1 Å². The lowest BCUT2D eigenvalue weighted by Crippen LogP contribution is -2.08. The zero-order chi connectivity index (χ0) is 12.7. The van der Waals surface area contributed by atoms with Gasteiger partial charge in [0.1, 0.15) is 0 Å². The Bertz CT molecular complexity index is 382. The van der Waals surface area contributed by atoms with Crippen molar-refractivity contribution in [3.63, 3.8) is 0 Å². The molecule has 0 fully saturated rings. The third-order valence-electron chi connectivity index (χ3n) is 2.78. The largest absolute Gasteiger partial charge is 0.432 e. The molecule has 1 rings (SSSR count). The molecular weight excluding hydrogens is 212 g/mol. The van der Waals surface area contributed by atoms with Crippen molar-refractivity contribution >= 4 is 5.97 Å². The number of hydrogen-bond donors (Lipinski definition) is 0. The van der Waals surface area contributed by atoms with Gasteiger partial charge in [-0.15, -0.1) is 0 Å². The third kappa shape index (κ3) is 4.06. The second kappa shape index (κ2) is 6.89. The lowest BCUT2D eigenvalue weighted by atomic mass is 9.94. The highest BCUT2D eigenvalue weighted by atomic mass is 16.5. The molecule has 0 amide bonds. The fourth-order valence-electron chi connectivity index (χ4n) is 2.01. The Morgan fingerprint density at radius 1 is 1.47 bits per heavy atom. The first-order valence-corrected chi connectivity index (χ1v) is 6.08. The van der Waals surface area contributed by atoms with Crippen LogP contribution in [0.25, 0.3) is 0 Å². The molecular formula is C15H20O2. The molecule has 0 aliphatic carbocycles. The Morgan fingerprint density at radius 2 is 2.18 bits per heavy atom. The van der Waals surface area contributed by atoms with Crippen LogP contribution in [-0.2, 0) is 11.2 Å². The standard InChI is InChI=1S/C15H20O2/c1-4-8-12(3)11-13-9-6-7-10-14(13)15(16)17-5-2/h5-7,9-10,12H,2,4,8,11H2,1,3H3. The van der Waals surface area contributed by atoms with Crippen LogP contribution in [0.4, 0.5) is 0 Å². The average molecular weight is 232 g/mol. The van der Waals surface area contributed by atoms with Gasteiger partial charge in [0.25, 0.3) is 0 Å². The second-order valence-electron chi connectivity index (χ2n) is 4.33. The topological polar surface area (TPSA) is 26.3 Å². The number of carbonyl (C=O) groups is 1. The summed E-state index contributed by atoms with van der Waals surface area (Å²) in [4.78, 5) is 11.7. The highest BCUT2D eigenvalue weighted by molar-refractivity contribution is 5.91. The molecule has 0 radical (unpaired) electrons. The fourth-order valence-corrected chi connectivity index (χ4v) is 2.01. The molecule has 1 aromatic carbocycles. The monoisotopic (exact) mass is 232 g/mol. The molecule has 1 atom stereocenters. The van der Waals surface area contributed by atoms with Crippen molar-refractivity contribution in [2.75, 3.05) is 0 Å². The van der Waals surface area contributed by atoms with Gasteiger partial charge in [-0.3, -0.25) is 0 Å². The maximum atomic E-state index is 11.7. The van der Waals surface area contributed by atoms with Gasteiger partial charge in [-0.2, -0.15) is 0 Å². The summed E-state index contributed by atoms with van der Waals surface area (Å²) in [7, 11) is 0. The zero-order valence-electron chi connectivity index (χ0n) is 10.6. The van der Waals surface area contributed by atoms with E-state index in [0.29, 0.717) is 11.5 Å². The number of carbonyl (C=O) groups excluding carboxylic acids is 1. The Morgan fingerprint density at radius 3 is 2.82 bits per heavy atom. The number of benzene rings is 1. The van der Waals surface area contributed by atoms with Crippen molar-refractivity contribution in [3.8, 4) is 0 Å². The van der Waals surface area contributed by atoms with Gasteiger partial charge in [0.15, 0.2) is 0 Å². The summed E-state index contributed by atoms with van der Waals surface area (Å²) in [6.45, 7) is 7.79. The summed E-state index contributed by atoms with van der Waals surface area (Å²) in [5, 5.41) is 0. The van der Waals surface area contributed by atoms with E-state index in [4.69, 9.17) is 4.74 Å². The van der Waals surface area contributed by atoms with Gasteiger partial charge >= 0.3 is 5.97 Å². The molecule has 0 N–H and O–H groups in total. The smallest absolute Gasteiger partial charge is 0.343 e. The molecule has 0 aromatic heterocycles. The fraction of sp³-hybridized carbons (Fsp3) is 0.400. The molecule has 0 spiro atoms. The first kappa shape index (κ1) is 13.5. The van der Waals surface area contributed by atoms with E-state index in [1.807, 2.05) is 18.2 Å². The summed E-state index contributed by atoms with van der Waals surface area (Å²) < 4.78 is 4.84. The van der Waals surface area contributed by atoms with Crippen LogP contribution in [-0.4, -0.2) is 5.97 Å². The molecule has 2 heteroatoms. The van der Waals surface area contributed by atoms with Crippen LogP contribution in [0.3, 0.4) is 0 Å². The van der Waals surface area contributed by atoms with Gasteiger partial charge in [0.2, 0.25) is 0 Å². The minimum absolute atomic E-state index is 0.320. The van der Waals surface area contributed by atoms with Crippen molar-refractivity contribution in [1.29, 1.82) is 0 Å². The molecule has 1 aromatic rings. The van der Waals surface area contributed by atoms with Gasteiger partial charge in [-0.25, -0.2) is 4.79 Å². The van der Waals surface area contributed by atoms with Gasteiger partial charge in [-0.05, 0) is 24.0 Å². The maximum Gasteiger partial charge on any atom is 0.343 e. The Balaban J connectivity index is 2.84. The Labute approximate surface area is 103 Å². The highest BCUT2D eigenvalue weighted by Crippen LogP contribution is 2.18. The molecule has 0 heterocycles. The van der Waals surface area contributed by atoms with Crippen molar-refractivity contribution in [2.45, 2.75) is 33.1 Å². The minimum Gasteiger partial charge on any atom is -0.432 e. The van der Waals surface area contributed by atoms with Crippen LogP contribution in [0.5, 0.6) is 0 Å². The van der Waals surface area contributed by atoms with Crippen molar-refractivity contribution in [2.24, 2.45) is 5.92 Å². The number of hydrogen-bond acceptors (Lipinski definition) is 2. The van der Waals surface area contributed by atoms with E-state index >= 15 is 0 Å². The predicted octanol–water partition coefficient (Wildman–Crippen LogP) is 3.97. The first-order chi connectivity index (χ1) is 8.19. The summed E-state index contributed by atoms with van der Waals surface area (Å²) >= 11 is 0. The van der Waals surface area contributed by atoms with E-state index < -0.39 is 0 Å². The van der Waals surface area contributed by atoms with E-state index in [2.05, 4.69) is 20.4 Å². The van der Waals surface area contributed by atoms with E-state index in [9.17, 15) is 4.79 Å². The quantitative estimate of drug-likeness (QED) is 0.548. The molecule has 0 bridgehead atoms. The van der Waals surface area contributed by atoms with Crippen molar-refractivity contribution < 1.29 is 9.53 Å². The molecule has 0 saturated carbocycles. The molecule has 92 valence electrons. The van der Waals surface area contributed by atoms with Gasteiger partial charge in [0.05, 0.1) is 11.8 Å². The van der Waals surface area contributed by atoms with Crippen molar-refractivity contribution in [1.82, 2.24) is 0 Å². The molecule has 2 nitrogen and oxygen atoms in total. The number of esters is 1. The lowest BCUT2D eigenvalue weighted by molar-refractivity contribution is 0.0663. The molecule has 17 heavy (non-hydrogen) atoms. The van der Waals surface area contributed by atoms with Gasteiger partial charge in [-0.1, -0.05) is 51.5 Å². The second-order valence-corrected chi connectivity index (χ2v) is 4.33. The summed E-state index contributed by atoms with van der Waals surface area (Å²) in [6.07, 6.45) is 4.43. The predicted molar refractivity (Wildman–Crippen MR) is 69.8 cm³/mol. The minimum atomic E-state index is -0.320. The van der Waals surface area contributed by atoms with Gasteiger partial charge < -0.3 is 4.74 Å². The maximum absolute atomic E-state index is 11.7. The molecule has 0 aliphatic rings. The molecule has 1 unspecified atom stereocenters. The summed E-state index contributed by atoms with van der Waals surface area (Å²) in [5.41, 5.74) is 1.70. The van der Waals surface area contributed by atoms with Crippen LogP contribution < -0.4 is 0 Å². The van der Waals surface area contributed by atoms with E-state index in [1.165, 1.54) is 19.1 Å². The Hall–Kier alpha value is -1.57. The normalized spacial score (nSPS) is 11.9. The molecule has 0 saturated heterocycles. The third-order valence-corrected chi connectivity index (χ3v) is 2.78. The van der Waals surface area contributed by atoms with Gasteiger partial charge in [0, 0.05) is 0 Å². The van der Waals surface area contributed by atoms with Crippen LogP contribution in [0.2, 0.25) is 0 Å². The first-order valence-electron chi connectivity index (χ1n) is 6.08. The van der Waals surface area contributed by atoms with Crippen LogP contribution >= 0.6 is 0 Å². The SMILES string of the molecule is C=COC(=O)c1ccccc1CC(C)CCC. The summed E-state index contributed by atoms with van der Waals surface area (Å²) in [6, 6.07) is 7.61. The van der Waals surface area contributed by atoms with E-state index in [1.54, 1.807) is 6.07 Å². The van der Waals surface area contributed by atoms with E-state index in [0.717, 1.165) is 12.0 Å². The highest BCUT2D eigenvalue weighted by Gasteiger charge is 2.13. The average Bonchev–Trinajstić information content (AvgIpc) is 2.30. The molecule has 0 aliphatic heterocycles. The number of rotatable bonds is 6. The zero-order valence-corrected chi connectivity index (χ0v) is 10.6. The summed E-state index contributed by atoms with van der Waals surface area (Å²) in [5.74, 6) is 0.261. The Kier molecular flexibility index (Phi) is 5.47. The van der Waals surface area contributed by atoms with Crippen LogP contribution in [0, 0.1) is 5.92 Å².